The van der Waals surface area contributed by atoms with Crippen molar-refractivity contribution in [2.45, 2.75) is 59.0 Å². The van der Waals surface area contributed by atoms with Gasteiger partial charge in [-0.25, -0.2) is 0 Å². The lowest BCUT2D eigenvalue weighted by Crippen LogP contribution is -2.39. The van der Waals surface area contributed by atoms with E-state index < -0.39 is 0 Å². The molecule has 0 atom stereocenters. The monoisotopic (exact) mass is 280 g/mol. The van der Waals surface area contributed by atoms with Crippen LogP contribution in [-0.2, 0) is 13.0 Å². The summed E-state index contributed by atoms with van der Waals surface area (Å²) in [6.07, 6.45) is 4.50. The Kier molecular flexibility index (Phi) is 5.98. The molecule has 2 heterocycles. The van der Waals surface area contributed by atoms with Crippen molar-refractivity contribution in [1.29, 1.82) is 0 Å². The third-order valence-electron chi connectivity index (χ3n) is 4.00. The maximum atomic E-state index is 5.37. The first kappa shape index (κ1) is 15.4. The Labute approximate surface area is 122 Å². The number of aromatic nitrogens is 2. The van der Waals surface area contributed by atoms with Crippen molar-refractivity contribution in [3.05, 3.63) is 11.7 Å². The number of hydrogen-bond acceptors (Lipinski definition) is 5. The van der Waals surface area contributed by atoms with Crippen LogP contribution in [0.4, 0.5) is 0 Å². The fourth-order valence-corrected chi connectivity index (χ4v) is 2.71. The van der Waals surface area contributed by atoms with Crippen LogP contribution < -0.4 is 5.32 Å². The molecule has 114 valence electrons. The molecule has 5 nitrogen and oxygen atoms in total. The maximum Gasteiger partial charge on any atom is 0.240 e. The van der Waals surface area contributed by atoms with E-state index in [-0.39, 0.29) is 0 Å². The van der Waals surface area contributed by atoms with Crippen LogP contribution in [0.25, 0.3) is 0 Å². The number of hydrogen-bond donors (Lipinski definition) is 1. The SMILES string of the molecule is CCCc1noc(CN(CC2CCNCC2)C(C)C)n1. The predicted molar refractivity (Wildman–Crippen MR) is 79.4 cm³/mol. The number of nitrogens with one attached hydrogen (secondary N) is 1. The Morgan fingerprint density at radius 2 is 2.10 bits per heavy atom. The van der Waals surface area contributed by atoms with Gasteiger partial charge in [-0.2, -0.15) is 4.98 Å². The van der Waals surface area contributed by atoms with E-state index in [2.05, 4.69) is 41.1 Å². The van der Waals surface area contributed by atoms with Crippen molar-refractivity contribution < 1.29 is 4.52 Å². The van der Waals surface area contributed by atoms with Gasteiger partial charge in [0.25, 0.3) is 0 Å². The number of nitrogens with zero attached hydrogens (tertiary/aromatic N) is 3. The lowest BCUT2D eigenvalue weighted by molar-refractivity contribution is 0.144. The molecule has 1 aliphatic rings. The number of rotatable bonds is 7. The van der Waals surface area contributed by atoms with Crippen molar-refractivity contribution in [3.8, 4) is 0 Å². The van der Waals surface area contributed by atoms with Gasteiger partial charge in [-0.1, -0.05) is 12.1 Å². The Morgan fingerprint density at radius 1 is 1.35 bits per heavy atom. The third-order valence-corrected chi connectivity index (χ3v) is 4.00. The lowest BCUT2D eigenvalue weighted by atomic mass is 9.97. The molecule has 1 saturated heterocycles. The summed E-state index contributed by atoms with van der Waals surface area (Å²) in [6.45, 7) is 10.8. The van der Waals surface area contributed by atoms with Crippen LogP contribution in [0.15, 0.2) is 4.52 Å². The molecule has 0 bridgehead atoms. The van der Waals surface area contributed by atoms with Crippen LogP contribution in [0, 0.1) is 5.92 Å². The van der Waals surface area contributed by atoms with Gasteiger partial charge < -0.3 is 9.84 Å². The molecule has 0 aliphatic carbocycles. The van der Waals surface area contributed by atoms with Gasteiger partial charge in [-0.3, -0.25) is 4.90 Å². The Hall–Kier alpha value is -0.940. The molecular weight excluding hydrogens is 252 g/mol. The fraction of sp³-hybridized carbons (Fsp3) is 0.867. The largest absolute Gasteiger partial charge is 0.338 e. The van der Waals surface area contributed by atoms with Gasteiger partial charge in [0.1, 0.15) is 0 Å². The summed E-state index contributed by atoms with van der Waals surface area (Å²) in [5, 5.41) is 7.47. The maximum absolute atomic E-state index is 5.37. The van der Waals surface area contributed by atoms with E-state index in [1.54, 1.807) is 0 Å². The molecule has 0 radical (unpaired) electrons. The zero-order chi connectivity index (χ0) is 14.4. The number of aryl methyl sites for hydroxylation is 1. The average molecular weight is 280 g/mol. The minimum absolute atomic E-state index is 0.506. The molecule has 1 aromatic heterocycles. The van der Waals surface area contributed by atoms with Crippen molar-refractivity contribution in [1.82, 2.24) is 20.4 Å². The summed E-state index contributed by atoms with van der Waals surface area (Å²) >= 11 is 0. The molecule has 1 fully saturated rings. The smallest absolute Gasteiger partial charge is 0.240 e. The zero-order valence-electron chi connectivity index (χ0n) is 13.1. The fourth-order valence-electron chi connectivity index (χ4n) is 2.71. The Balaban J connectivity index is 1.90. The molecular formula is C15H28N4O. The van der Waals surface area contributed by atoms with Gasteiger partial charge in [0.05, 0.1) is 6.54 Å². The molecule has 0 amide bonds. The van der Waals surface area contributed by atoms with E-state index in [9.17, 15) is 0 Å². The summed E-state index contributed by atoms with van der Waals surface area (Å²) < 4.78 is 5.37. The van der Waals surface area contributed by atoms with Crippen LogP contribution >= 0.6 is 0 Å². The van der Waals surface area contributed by atoms with Gasteiger partial charge in [-0.15, -0.1) is 0 Å². The normalized spacial score (nSPS) is 17.2. The highest BCUT2D eigenvalue weighted by molar-refractivity contribution is 4.87. The highest BCUT2D eigenvalue weighted by atomic mass is 16.5. The molecule has 1 N–H and O–H groups in total. The van der Waals surface area contributed by atoms with E-state index >= 15 is 0 Å². The summed E-state index contributed by atoms with van der Waals surface area (Å²) in [5.41, 5.74) is 0. The van der Waals surface area contributed by atoms with Gasteiger partial charge in [0, 0.05) is 19.0 Å². The minimum atomic E-state index is 0.506. The third kappa shape index (κ3) is 4.56. The molecule has 0 saturated carbocycles. The van der Waals surface area contributed by atoms with E-state index in [1.165, 1.54) is 12.8 Å². The first-order chi connectivity index (χ1) is 9.69. The highest BCUT2D eigenvalue weighted by Gasteiger charge is 2.20. The summed E-state index contributed by atoms with van der Waals surface area (Å²) in [4.78, 5) is 6.94. The molecule has 20 heavy (non-hydrogen) atoms. The molecule has 0 aromatic carbocycles. The van der Waals surface area contributed by atoms with E-state index in [1.807, 2.05) is 0 Å². The molecule has 1 aliphatic heterocycles. The summed E-state index contributed by atoms with van der Waals surface area (Å²) in [7, 11) is 0. The zero-order valence-corrected chi connectivity index (χ0v) is 13.1. The van der Waals surface area contributed by atoms with Crippen molar-refractivity contribution in [2.75, 3.05) is 19.6 Å². The van der Waals surface area contributed by atoms with Gasteiger partial charge in [0.15, 0.2) is 5.82 Å². The molecule has 0 unspecified atom stereocenters. The Bertz CT molecular complexity index is 385. The topological polar surface area (TPSA) is 54.2 Å². The second-order valence-electron chi connectivity index (χ2n) is 6.07. The van der Waals surface area contributed by atoms with Gasteiger partial charge >= 0.3 is 0 Å². The van der Waals surface area contributed by atoms with Crippen LogP contribution in [0.5, 0.6) is 0 Å². The van der Waals surface area contributed by atoms with Crippen molar-refractivity contribution in [2.24, 2.45) is 5.92 Å². The second kappa shape index (κ2) is 7.74. The summed E-state index contributed by atoms with van der Waals surface area (Å²) in [6, 6.07) is 0.506. The van der Waals surface area contributed by atoms with E-state index in [4.69, 9.17) is 4.52 Å². The van der Waals surface area contributed by atoms with Crippen molar-refractivity contribution in [3.63, 3.8) is 0 Å². The first-order valence-corrected chi connectivity index (χ1v) is 7.95. The first-order valence-electron chi connectivity index (χ1n) is 7.95. The van der Waals surface area contributed by atoms with Crippen LogP contribution in [0.3, 0.4) is 0 Å². The van der Waals surface area contributed by atoms with Crippen LogP contribution in [-0.4, -0.2) is 40.7 Å². The average Bonchev–Trinajstić information content (AvgIpc) is 2.87. The predicted octanol–water partition coefficient (Wildman–Crippen LogP) is 2.23. The van der Waals surface area contributed by atoms with E-state index in [0.29, 0.717) is 6.04 Å². The highest BCUT2D eigenvalue weighted by Crippen LogP contribution is 2.17. The Morgan fingerprint density at radius 3 is 2.75 bits per heavy atom. The lowest BCUT2D eigenvalue weighted by Gasteiger charge is -2.31. The molecule has 1 aromatic rings. The second-order valence-corrected chi connectivity index (χ2v) is 6.07. The number of piperidine rings is 1. The summed E-state index contributed by atoms with van der Waals surface area (Å²) in [5.74, 6) is 2.39. The van der Waals surface area contributed by atoms with Crippen molar-refractivity contribution >= 4 is 0 Å². The minimum Gasteiger partial charge on any atom is -0.338 e. The van der Waals surface area contributed by atoms with Gasteiger partial charge in [0.2, 0.25) is 5.89 Å². The van der Waals surface area contributed by atoms with Crippen LogP contribution in [0.2, 0.25) is 0 Å². The molecule has 5 heteroatoms. The quantitative estimate of drug-likeness (QED) is 0.830. The van der Waals surface area contributed by atoms with Crippen LogP contribution in [0.1, 0.15) is 51.7 Å². The van der Waals surface area contributed by atoms with Gasteiger partial charge in [-0.05, 0) is 52.1 Å². The van der Waals surface area contributed by atoms with E-state index in [0.717, 1.165) is 56.7 Å². The molecule has 2 rings (SSSR count). The molecule has 0 spiro atoms. The standard InChI is InChI=1S/C15H28N4O/c1-4-5-14-17-15(20-18-14)11-19(12(2)3)10-13-6-8-16-9-7-13/h12-13,16H,4-11H2,1-3H3.